The number of piperidine rings is 1. The lowest BCUT2D eigenvalue weighted by Gasteiger charge is -2.34. The first-order valence-corrected chi connectivity index (χ1v) is 17.7. The second kappa shape index (κ2) is 15.1. The molecule has 2 aliphatic rings. The maximum atomic E-state index is 15.6. The third kappa shape index (κ3) is 7.89. The highest BCUT2D eigenvalue weighted by Gasteiger charge is 2.42. The maximum Gasteiger partial charge on any atom is 0.276 e. The summed E-state index contributed by atoms with van der Waals surface area (Å²) < 4.78 is 50.8. The highest BCUT2D eigenvalue weighted by Crippen LogP contribution is 2.42. The van der Waals surface area contributed by atoms with Gasteiger partial charge in [0.15, 0.2) is 0 Å². The minimum atomic E-state index is -2.91. The van der Waals surface area contributed by atoms with Crippen molar-refractivity contribution >= 4 is 33.3 Å². The van der Waals surface area contributed by atoms with Crippen molar-refractivity contribution in [2.75, 3.05) is 68.2 Å². The first-order chi connectivity index (χ1) is 21.7. The van der Waals surface area contributed by atoms with Gasteiger partial charge in [-0.1, -0.05) is 31.5 Å². The fraction of sp³-hybridized carbons (Fsp3) is 0.606. The summed E-state index contributed by atoms with van der Waals surface area (Å²) in [5, 5.41) is 4.10. The third-order valence-electron chi connectivity index (χ3n) is 9.05. The van der Waals surface area contributed by atoms with Gasteiger partial charge in [-0.15, -0.1) is 0 Å². The Morgan fingerprint density at radius 1 is 1.09 bits per heavy atom. The van der Waals surface area contributed by atoms with Crippen LogP contribution in [-0.2, 0) is 28.0 Å². The van der Waals surface area contributed by atoms with Gasteiger partial charge in [0.1, 0.15) is 23.5 Å². The average Bonchev–Trinajstić information content (AvgIpc) is 3.04. The second-order valence-electron chi connectivity index (χ2n) is 12.3. The van der Waals surface area contributed by atoms with E-state index in [1.54, 1.807) is 16.7 Å². The number of benzene rings is 1. The van der Waals surface area contributed by atoms with Gasteiger partial charge in [0.25, 0.3) is 11.5 Å². The number of alkyl halides is 2. The zero-order chi connectivity index (χ0) is 32.0. The van der Waals surface area contributed by atoms with Crippen LogP contribution in [0, 0.1) is 5.92 Å². The van der Waals surface area contributed by atoms with Crippen molar-refractivity contribution in [1.29, 1.82) is 0 Å². The number of rotatable bonds is 13. The summed E-state index contributed by atoms with van der Waals surface area (Å²) in [5.41, 5.74) is 1.64. The minimum Gasteiger partial charge on any atom is -0.381 e. The van der Waals surface area contributed by atoms with Crippen molar-refractivity contribution < 1.29 is 17.7 Å². The third-order valence-corrected chi connectivity index (χ3v) is 10.3. The molecule has 9 nitrogen and oxygen atoms in total. The monoisotopic (exact) mass is 644 g/mol. The fourth-order valence-corrected chi connectivity index (χ4v) is 7.23. The average molecular weight is 645 g/mol. The number of nitrogens with one attached hydrogen (secondary N) is 1. The molecule has 2 aliphatic heterocycles. The number of hydrogen-bond acceptors (Lipinski definition) is 8. The van der Waals surface area contributed by atoms with Gasteiger partial charge < -0.3 is 19.9 Å². The predicted octanol–water partition coefficient (Wildman–Crippen LogP) is 5.17. The van der Waals surface area contributed by atoms with Gasteiger partial charge in [0, 0.05) is 72.7 Å². The number of nitrogens with zero attached hydrogens (tertiary/aromatic N) is 5. The Kier molecular flexibility index (Phi) is 11.2. The number of aromatic nitrogens is 3. The van der Waals surface area contributed by atoms with Gasteiger partial charge in [0.2, 0.25) is 0 Å². The number of hydrogen-bond donors (Lipinski definition) is 1. The van der Waals surface area contributed by atoms with E-state index < -0.39 is 22.6 Å². The summed E-state index contributed by atoms with van der Waals surface area (Å²) >= 11 is 0. The number of likely N-dealkylation sites (tertiary alicyclic amines) is 1. The zero-order valence-corrected chi connectivity index (χ0v) is 27.5. The van der Waals surface area contributed by atoms with Crippen molar-refractivity contribution in [3.05, 3.63) is 58.1 Å². The number of ether oxygens (including phenoxy) is 1. The normalized spacial score (nSPS) is 18.0. The Morgan fingerprint density at radius 2 is 1.82 bits per heavy atom. The van der Waals surface area contributed by atoms with Crippen LogP contribution in [0.1, 0.15) is 63.1 Å². The maximum absolute atomic E-state index is 15.6. The Morgan fingerprint density at radius 3 is 2.56 bits per heavy atom. The largest absolute Gasteiger partial charge is 0.381 e. The number of anilines is 2. The summed E-state index contributed by atoms with van der Waals surface area (Å²) in [6.07, 6.45) is 5.07. The Balaban J connectivity index is 1.43. The molecule has 2 fully saturated rings. The molecule has 1 N–H and O–H groups in total. The van der Waals surface area contributed by atoms with Crippen LogP contribution in [-0.4, -0.2) is 81.6 Å². The summed E-state index contributed by atoms with van der Waals surface area (Å²) in [5.74, 6) is -2.06. The van der Waals surface area contributed by atoms with E-state index in [-0.39, 0.29) is 17.2 Å². The van der Waals surface area contributed by atoms with Gasteiger partial charge in [0.05, 0.1) is 5.39 Å². The molecule has 0 bridgehead atoms. The number of pyridine rings is 1. The molecule has 12 heteroatoms. The standard InChI is InChI=1S/C33H46F2N6O3S/c1-4-5-17-44-18-7-12-41-31-28(22-29(32(41)42)40-15-19-45(43)20-16-40)30(36-23-37-31)38-24(2)25-8-6-9-27(21-25)33(34,35)26-10-13-39(3)14-11-26/h6,8-9,21-24,26H,4-5,7,10-20H2,1-3H3,(H,36,37,38)/t24-/m1/s1. The van der Waals surface area contributed by atoms with Crippen molar-refractivity contribution in [3.8, 4) is 0 Å². The molecule has 3 aromatic rings. The molecule has 2 saturated heterocycles. The number of halogens is 2. The lowest BCUT2D eigenvalue weighted by atomic mass is 9.86. The van der Waals surface area contributed by atoms with E-state index in [0.29, 0.717) is 99.2 Å². The highest BCUT2D eigenvalue weighted by atomic mass is 32.2. The van der Waals surface area contributed by atoms with Crippen molar-refractivity contribution in [1.82, 2.24) is 19.4 Å². The van der Waals surface area contributed by atoms with E-state index in [1.807, 2.05) is 31.0 Å². The summed E-state index contributed by atoms with van der Waals surface area (Å²) in [7, 11) is 1.08. The van der Waals surface area contributed by atoms with Crippen LogP contribution in [0.25, 0.3) is 11.0 Å². The second-order valence-corrected chi connectivity index (χ2v) is 14.0. The van der Waals surface area contributed by atoms with Crippen LogP contribution in [0.3, 0.4) is 0 Å². The Hall–Kier alpha value is -2.96. The smallest absolute Gasteiger partial charge is 0.276 e. The quantitative estimate of drug-likeness (QED) is 0.255. The SMILES string of the molecule is CCCCOCCCn1c(=O)c(N2CCS(=O)CC2)cc2c(N[C@H](C)c3cccc(C(F)(F)C4CCN(C)CC4)c3)ncnc21. The number of unbranched alkanes of at least 4 members (excludes halogenated alkanes) is 1. The fourth-order valence-electron chi connectivity index (χ4n) is 6.18. The van der Waals surface area contributed by atoms with E-state index in [4.69, 9.17) is 4.74 Å². The molecular weight excluding hydrogens is 598 g/mol. The van der Waals surface area contributed by atoms with Crippen LogP contribution >= 0.6 is 0 Å². The van der Waals surface area contributed by atoms with Crippen molar-refractivity contribution in [2.45, 2.75) is 64.5 Å². The summed E-state index contributed by atoms with van der Waals surface area (Å²) in [4.78, 5) is 27.0. The van der Waals surface area contributed by atoms with E-state index in [0.717, 1.165) is 18.4 Å². The summed E-state index contributed by atoms with van der Waals surface area (Å²) in [6, 6.07) is 8.15. The van der Waals surface area contributed by atoms with Crippen LogP contribution in [0.15, 0.2) is 41.5 Å². The van der Waals surface area contributed by atoms with E-state index >= 15 is 8.78 Å². The van der Waals surface area contributed by atoms with Crippen LogP contribution in [0.4, 0.5) is 20.3 Å². The number of fused-ring (bicyclic) bond motifs is 1. The lowest BCUT2D eigenvalue weighted by Crippen LogP contribution is -2.41. The van der Waals surface area contributed by atoms with Gasteiger partial charge in [-0.3, -0.25) is 13.6 Å². The molecule has 0 spiro atoms. The molecule has 0 unspecified atom stereocenters. The van der Waals surface area contributed by atoms with Gasteiger partial charge in [-0.2, -0.15) is 0 Å². The first-order valence-electron chi connectivity index (χ1n) is 16.2. The lowest BCUT2D eigenvalue weighted by molar-refractivity contribution is -0.0837. The van der Waals surface area contributed by atoms with Crippen molar-refractivity contribution in [3.63, 3.8) is 0 Å². The van der Waals surface area contributed by atoms with Gasteiger partial charge >= 0.3 is 0 Å². The Bertz CT molecular complexity index is 1520. The molecule has 5 rings (SSSR count). The van der Waals surface area contributed by atoms with Crippen LogP contribution in [0.2, 0.25) is 0 Å². The van der Waals surface area contributed by atoms with E-state index in [2.05, 4.69) is 27.1 Å². The van der Waals surface area contributed by atoms with Gasteiger partial charge in [-0.25, -0.2) is 18.7 Å². The molecule has 0 radical (unpaired) electrons. The molecule has 2 aromatic heterocycles. The molecule has 1 atom stereocenters. The van der Waals surface area contributed by atoms with Crippen molar-refractivity contribution in [2.24, 2.45) is 5.92 Å². The molecule has 0 saturated carbocycles. The molecule has 246 valence electrons. The predicted molar refractivity (Wildman–Crippen MR) is 177 cm³/mol. The molecule has 1 aromatic carbocycles. The Labute approximate surface area is 266 Å². The minimum absolute atomic E-state index is 0.0375. The molecule has 0 amide bonds. The van der Waals surface area contributed by atoms with Gasteiger partial charge in [-0.05, 0) is 70.4 Å². The van der Waals surface area contributed by atoms with E-state index in [1.165, 1.54) is 12.4 Å². The first kappa shape index (κ1) is 33.4. The van der Waals surface area contributed by atoms with Crippen LogP contribution in [0.5, 0.6) is 0 Å². The molecular formula is C33H46F2N6O3S. The molecule has 45 heavy (non-hydrogen) atoms. The van der Waals surface area contributed by atoms with E-state index in [9.17, 15) is 9.00 Å². The zero-order valence-electron chi connectivity index (χ0n) is 26.6. The molecule has 0 aliphatic carbocycles. The summed E-state index contributed by atoms with van der Waals surface area (Å²) in [6.45, 7) is 8.09. The van der Waals surface area contributed by atoms with Crippen LogP contribution < -0.4 is 15.8 Å². The highest BCUT2D eigenvalue weighted by molar-refractivity contribution is 7.85. The topological polar surface area (TPSA) is 92.6 Å². The number of aryl methyl sites for hydroxylation is 1. The molecule has 4 heterocycles.